The van der Waals surface area contributed by atoms with Gasteiger partial charge in [-0.15, -0.1) is 11.3 Å². The Labute approximate surface area is 171 Å². The minimum absolute atomic E-state index is 0.0364. The molecule has 28 heavy (non-hydrogen) atoms. The molecule has 0 aromatic carbocycles. The Morgan fingerprint density at radius 3 is 2.36 bits per heavy atom. The van der Waals surface area contributed by atoms with Crippen LogP contribution in [0.2, 0.25) is 0 Å². The normalized spacial score (nSPS) is 19.1. The molecule has 1 aromatic rings. The smallest absolute Gasteiger partial charge is 0.262 e. The molecule has 0 saturated carbocycles. The average molecular weight is 406 g/mol. The maximum absolute atomic E-state index is 13.1. The van der Waals surface area contributed by atoms with Crippen molar-refractivity contribution in [3.63, 3.8) is 0 Å². The molecule has 154 valence electrons. The van der Waals surface area contributed by atoms with Crippen LogP contribution >= 0.6 is 11.3 Å². The first kappa shape index (κ1) is 20.8. The molecule has 2 saturated heterocycles. The zero-order valence-corrected chi connectivity index (χ0v) is 17.7. The van der Waals surface area contributed by atoms with E-state index in [-0.39, 0.29) is 23.6 Å². The third-order valence-corrected chi connectivity index (χ3v) is 6.53. The second-order valence-electron chi connectivity index (χ2n) is 8.28. The number of rotatable bonds is 6. The first-order chi connectivity index (χ1) is 13.5. The van der Waals surface area contributed by atoms with Crippen LogP contribution in [0.5, 0.6) is 0 Å². The molecule has 0 aliphatic carbocycles. The van der Waals surface area contributed by atoms with Crippen molar-refractivity contribution >= 4 is 29.1 Å². The Hall–Kier alpha value is -1.89. The fourth-order valence-electron chi connectivity index (χ4n) is 4.10. The molecule has 2 aliphatic heterocycles. The predicted molar refractivity (Wildman–Crippen MR) is 110 cm³/mol. The number of carbonyl (C=O) groups is 3. The Bertz CT molecular complexity index is 675. The van der Waals surface area contributed by atoms with Gasteiger partial charge < -0.3 is 15.1 Å². The van der Waals surface area contributed by atoms with Gasteiger partial charge in [-0.3, -0.25) is 14.4 Å². The van der Waals surface area contributed by atoms with E-state index >= 15 is 0 Å². The summed E-state index contributed by atoms with van der Waals surface area (Å²) in [5.74, 6) is 0.471. The van der Waals surface area contributed by atoms with Gasteiger partial charge in [0, 0.05) is 32.6 Å². The van der Waals surface area contributed by atoms with Crippen LogP contribution in [0, 0.1) is 11.8 Å². The number of hydrogen-bond acceptors (Lipinski definition) is 4. The Kier molecular flexibility index (Phi) is 7.10. The first-order valence-corrected chi connectivity index (χ1v) is 11.2. The summed E-state index contributed by atoms with van der Waals surface area (Å²) in [6.45, 7) is 6.97. The van der Waals surface area contributed by atoms with Crippen LogP contribution in [-0.2, 0) is 9.59 Å². The summed E-state index contributed by atoms with van der Waals surface area (Å²) in [6.07, 6.45) is 4.12. The molecule has 0 bridgehead atoms. The van der Waals surface area contributed by atoms with Gasteiger partial charge in [0.25, 0.3) is 5.91 Å². The molecular weight excluding hydrogens is 374 g/mol. The standard InChI is InChI=1S/C21H31N3O3S/c1-15(2)14-18(25)23-11-7-16(8-12-23)19(21(27)24-9-3-4-10-24)22-20(26)17-6-5-13-28-17/h5-6,13,15-16,19H,3-4,7-12,14H2,1-2H3,(H,22,26). The fourth-order valence-corrected chi connectivity index (χ4v) is 4.72. The molecule has 1 unspecified atom stereocenters. The highest BCUT2D eigenvalue weighted by atomic mass is 32.1. The van der Waals surface area contributed by atoms with Crippen LogP contribution in [0.25, 0.3) is 0 Å². The number of carbonyl (C=O) groups excluding carboxylic acids is 3. The maximum atomic E-state index is 13.1. The first-order valence-electron chi connectivity index (χ1n) is 10.4. The summed E-state index contributed by atoms with van der Waals surface area (Å²) in [5, 5.41) is 4.89. The van der Waals surface area contributed by atoms with Gasteiger partial charge >= 0.3 is 0 Å². The van der Waals surface area contributed by atoms with Gasteiger partial charge in [-0.1, -0.05) is 19.9 Å². The van der Waals surface area contributed by atoms with Crippen LogP contribution in [0.4, 0.5) is 0 Å². The molecular formula is C21H31N3O3S. The summed E-state index contributed by atoms with van der Waals surface area (Å²) in [6, 6.07) is 3.12. The Morgan fingerprint density at radius 1 is 1.11 bits per heavy atom. The SMILES string of the molecule is CC(C)CC(=O)N1CCC(C(NC(=O)c2cccs2)C(=O)N2CCCC2)CC1. The van der Waals surface area contributed by atoms with Crippen molar-refractivity contribution in [3.05, 3.63) is 22.4 Å². The van der Waals surface area contributed by atoms with E-state index in [9.17, 15) is 14.4 Å². The van der Waals surface area contributed by atoms with Crippen molar-refractivity contribution < 1.29 is 14.4 Å². The fraction of sp³-hybridized carbons (Fsp3) is 0.667. The molecule has 1 aromatic heterocycles. The molecule has 3 amide bonds. The lowest BCUT2D eigenvalue weighted by molar-refractivity contribution is -0.135. The minimum Gasteiger partial charge on any atom is -0.343 e. The van der Waals surface area contributed by atoms with E-state index in [4.69, 9.17) is 0 Å². The summed E-state index contributed by atoms with van der Waals surface area (Å²) in [5.41, 5.74) is 0. The highest BCUT2D eigenvalue weighted by molar-refractivity contribution is 7.12. The molecule has 2 fully saturated rings. The average Bonchev–Trinajstić information content (AvgIpc) is 3.39. The van der Waals surface area contributed by atoms with E-state index in [0.717, 1.165) is 38.8 Å². The van der Waals surface area contributed by atoms with Gasteiger partial charge in [0.1, 0.15) is 6.04 Å². The topological polar surface area (TPSA) is 69.7 Å². The van der Waals surface area contributed by atoms with Gasteiger partial charge in [0.2, 0.25) is 11.8 Å². The van der Waals surface area contributed by atoms with Gasteiger partial charge in [-0.05, 0) is 49.0 Å². The third-order valence-electron chi connectivity index (χ3n) is 5.66. The van der Waals surface area contributed by atoms with E-state index in [1.807, 2.05) is 21.2 Å². The van der Waals surface area contributed by atoms with Crippen LogP contribution < -0.4 is 5.32 Å². The van der Waals surface area contributed by atoms with Crippen LogP contribution in [0.1, 0.15) is 55.6 Å². The van der Waals surface area contributed by atoms with Gasteiger partial charge in [-0.2, -0.15) is 0 Å². The van der Waals surface area contributed by atoms with Gasteiger partial charge in [0.05, 0.1) is 4.88 Å². The van der Waals surface area contributed by atoms with E-state index in [2.05, 4.69) is 19.2 Å². The van der Waals surface area contributed by atoms with Crippen molar-refractivity contribution in [2.24, 2.45) is 11.8 Å². The highest BCUT2D eigenvalue weighted by Crippen LogP contribution is 2.25. The number of piperidine rings is 1. The van der Waals surface area contributed by atoms with Crippen molar-refractivity contribution in [3.8, 4) is 0 Å². The lowest BCUT2D eigenvalue weighted by Crippen LogP contribution is -2.54. The second kappa shape index (κ2) is 9.54. The van der Waals surface area contributed by atoms with E-state index in [1.54, 1.807) is 6.07 Å². The number of thiophene rings is 1. The number of amides is 3. The van der Waals surface area contributed by atoms with Crippen LogP contribution in [0.15, 0.2) is 17.5 Å². The zero-order chi connectivity index (χ0) is 20.1. The largest absolute Gasteiger partial charge is 0.343 e. The molecule has 0 spiro atoms. The highest BCUT2D eigenvalue weighted by Gasteiger charge is 2.36. The monoisotopic (exact) mass is 405 g/mol. The number of likely N-dealkylation sites (tertiary alicyclic amines) is 2. The molecule has 7 heteroatoms. The van der Waals surface area contributed by atoms with E-state index < -0.39 is 6.04 Å². The van der Waals surface area contributed by atoms with Crippen LogP contribution in [0.3, 0.4) is 0 Å². The molecule has 1 N–H and O–H groups in total. The Morgan fingerprint density at radius 2 is 1.79 bits per heavy atom. The molecule has 1 atom stereocenters. The minimum atomic E-state index is -0.505. The second-order valence-corrected chi connectivity index (χ2v) is 9.22. The lowest BCUT2D eigenvalue weighted by Gasteiger charge is -2.37. The molecule has 0 radical (unpaired) electrons. The maximum Gasteiger partial charge on any atom is 0.262 e. The van der Waals surface area contributed by atoms with E-state index in [0.29, 0.717) is 30.3 Å². The Balaban J connectivity index is 1.66. The molecule has 2 aliphatic rings. The predicted octanol–water partition coefficient (Wildman–Crippen LogP) is 2.75. The molecule has 6 nitrogen and oxygen atoms in total. The van der Waals surface area contributed by atoms with Crippen molar-refractivity contribution in [2.45, 2.75) is 52.0 Å². The third kappa shape index (κ3) is 5.13. The molecule has 3 rings (SSSR count). The zero-order valence-electron chi connectivity index (χ0n) is 16.9. The van der Waals surface area contributed by atoms with Gasteiger partial charge in [0.15, 0.2) is 0 Å². The van der Waals surface area contributed by atoms with E-state index in [1.165, 1.54) is 11.3 Å². The number of nitrogens with zero attached hydrogens (tertiary/aromatic N) is 2. The van der Waals surface area contributed by atoms with Crippen molar-refractivity contribution in [1.29, 1.82) is 0 Å². The number of hydrogen-bond donors (Lipinski definition) is 1. The quantitative estimate of drug-likeness (QED) is 0.791. The summed E-state index contributed by atoms with van der Waals surface area (Å²) < 4.78 is 0. The summed E-state index contributed by atoms with van der Waals surface area (Å²) in [4.78, 5) is 42.5. The summed E-state index contributed by atoms with van der Waals surface area (Å²) in [7, 11) is 0. The van der Waals surface area contributed by atoms with Crippen molar-refractivity contribution in [2.75, 3.05) is 26.2 Å². The number of nitrogens with one attached hydrogen (secondary N) is 1. The van der Waals surface area contributed by atoms with Crippen LogP contribution in [-0.4, -0.2) is 59.7 Å². The van der Waals surface area contributed by atoms with Gasteiger partial charge in [-0.25, -0.2) is 0 Å². The lowest BCUT2D eigenvalue weighted by atomic mass is 9.88. The van der Waals surface area contributed by atoms with Crippen molar-refractivity contribution in [1.82, 2.24) is 15.1 Å². The summed E-state index contributed by atoms with van der Waals surface area (Å²) >= 11 is 1.38. The molecule has 3 heterocycles.